The van der Waals surface area contributed by atoms with Crippen molar-refractivity contribution in [2.45, 2.75) is 18.4 Å². The Balaban J connectivity index is 1.66. The summed E-state index contributed by atoms with van der Waals surface area (Å²) in [4.78, 5) is 24.3. The average Bonchev–Trinajstić information content (AvgIpc) is 2.96. The van der Waals surface area contributed by atoms with Gasteiger partial charge in [0.15, 0.2) is 0 Å². The van der Waals surface area contributed by atoms with Crippen LogP contribution >= 0.6 is 11.6 Å². The molecule has 0 radical (unpaired) electrons. The van der Waals surface area contributed by atoms with Gasteiger partial charge in [0, 0.05) is 11.6 Å². The second kappa shape index (κ2) is 12.2. The van der Waals surface area contributed by atoms with Gasteiger partial charge in [-0.3, -0.25) is 9.10 Å². The number of nitrogens with zero attached hydrogens (tertiary/aromatic N) is 1. The van der Waals surface area contributed by atoms with Crippen LogP contribution in [0, 0.1) is 6.92 Å². The lowest BCUT2D eigenvalue weighted by Gasteiger charge is -2.26. The summed E-state index contributed by atoms with van der Waals surface area (Å²) in [5, 5.41) is 12.3. The van der Waals surface area contributed by atoms with Crippen LogP contribution < -0.4 is 14.4 Å². The highest BCUT2D eigenvalue weighted by Crippen LogP contribution is 2.32. The fraction of sp³-hybridized carbons (Fsp3) is 0.133. The van der Waals surface area contributed by atoms with Gasteiger partial charge < -0.3 is 15.2 Å². The van der Waals surface area contributed by atoms with E-state index in [9.17, 15) is 23.1 Å². The maximum Gasteiger partial charge on any atom is 0.335 e. The summed E-state index contributed by atoms with van der Waals surface area (Å²) in [6, 6.07) is 24.7. The zero-order valence-electron chi connectivity index (χ0n) is 21.8. The molecule has 1 amide bonds. The molecule has 0 heterocycles. The van der Waals surface area contributed by atoms with E-state index in [4.69, 9.17) is 16.3 Å². The Hall–Kier alpha value is -4.34. The molecule has 206 valence electrons. The number of halogens is 1. The number of amides is 1. The van der Waals surface area contributed by atoms with Crippen molar-refractivity contribution in [2.24, 2.45) is 0 Å². The molecule has 0 saturated heterocycles. The number of anilines is 1. The van der Waals surface area contributed by atoms with Crippen LogP contribution in [0.15, 0.2) is 95.9 Å². The molecule has 0 aromatic heterocycles. The predicted octanol–water partition coefficient (Wildman–Crippen LogP) is 5.53. The minimum Gasteiger partial charge on any atom is -0.497 e. The van der Waals surface area contributed by atoms with Crippen molar-refractivity contribution in [3.8, 4) is 16.9 Å². The Morgan fingerprint density at radius 1 is 0.925 bits per heavy atom. The van der Waals surface area contributed by atoms with Crippen molar-refractivity contribution in [3.05, 3.63) is 113 Å². The first-order chi connectivity index (χ1) is 19.1. The number of benzene rings is 4. The number of hydrogen-bond acceptors (Lipinski definition) is 5. The molecule has 0 aliphatic rings. The topological polar surface area (TPSA) is 113 Å². The van der Waals surface area contributed by atoms with Crippen LogP contribution in [0.4, 0.5) is 5.69 Å². The molecule has 0 saturated carbocycles. The molecule has 40 heavy (non-hydrogen) atoms. The summed E-state index contributed by atoms with van der Waals surface area (Å²) in [6.45, 7) is 1.19. The van der Waals surface area contributed by atoms with E-state index in [0.29, 0.717) is 27.5 Å². The molecule has 4 aromatic carbocycles. The van der Waals surface area contributed by atoms with Crippen LogP contribution in [-0.4, -0.2) is 39.1 Å². The van der Waals surface area contributed by atoms with Crippen molar-refractivity contribution in [1.29, 1.82) is 0 Å². The van der Waals surface area contributed by atoms with E-state index in [-0.39, 0.29) is 22.7 Å². The standard InChI is InChI=1S/C30H27ClN2O6S/c1-20-27(31)10-5-11-28(20)33(19-29(34)32-18-21-6-3-8-24(16-21)30(35)36)40(37,38)26-9-4-7-23(17-26)22-12-14-25(39-2)15-13-22/h3-17H,18-19H2,1-2H3,(H,32,34)(H,35,36). The molecule has 10 heteroatoms. The number of hydrogen-bond donors (Lipinski definition) is 2. The van der Waals surface area contributed by atoms with Gasteiger partial charge in [0.25, 0.3) is 10.0 Å². The quantitative estimate of drug-likeness (QED) is 0.256. The Labute approximate surface area is 237 Å². The van der Waals surface area contributed by atoms with E-state index in [2.05, 4.69) is 5.32 Å². The van der Waals surface area contributed by atoms with Gasteiger partial charge >= 0.3 is 5.97 Å². The number of aromatic carboxylic acids is 1. The van der Waals surface area contributed by atoms with Gasteiger partial charge in [-0.15, -0.1) is 0 Å². The summed E-state index contributed by atoms with van der Waals surface area (Å²) in [6.07, 6.45) is 0. The molecule has 2 N–H and O–H groups in total. The largest absolute Gasteiger partial charge is 0.497 e. The summed E-state index contributed by atoms with van der Waals surface area (Å²) < 4.78 is 34.3. The Morgan fingerprint density at radius 2 is 1.62 bits per heavy atom. The first-order valence-electron chi connectivity index (χ1n) is 12.2. The molecule has 4 aromatic rings. The molecule has 0 unspecified atom stereocenters. The fourth-order valence-corrected chi connectivity index (χ4v) is 5.81. The third kappa shape index (κ3) is 6.44. The van der Waals surface area contributed by atoms with Gasteiger partial charge in [0.2, 0.25) is 5.91 Å². The molecule has 0 aliphatic carbocycles. The molecule has 0 bridgehead atoms. The number of rotatable bonds is 10. The van der Waals surface area contributed by atoms with Crippen LogP contribution in [0.2, 0.25) is 5.02 Å². The second-order valence-electron chi connectivity index (χ2n) is 8.93. The number of methoxy groups -OCH3 is 1. The maximum atomic E-state index is 14.0. The zero-order chi connectivity index (χ0) is 28.9. The molecule has 0 aliphatic heterocycles. The van der Waals surface area contributed by atoms with Crippen molar-refractivity contribution in [3.63, 3.8) is 0 Å². The molecular weight excluding hydrogens is 552 g/mol. The van der Waals surface area contributed by atoms with Crippen molar-refractivity contribution in [1.82, 2.24) is 5.32 Å². The molecule has 0 atom stereocenters. The highest BCUT2D eigenvalue weighted by Gasteiger charge is 2.29. The normalized spacial score (nSPS) is 11.1. The Bertz CT molecular complexity index is 1660. The van der Waals surface area contributed by atoms with Crippen molar-refractivity contribution in [2.75, 3.05) is 18.0 Å². The van der Waals surface area contributed by atoms with E-state index in [0.717, 1.165) is 9.87 Å². The SMILES string of the molecule is COc1ccc(-c2cccc(S(=O)(=O)N(CC(=O)NCc3cccc(C(=O)O)c3)c3cccc(Cl)c3C)c2)cc1. The summed E-state index contributed by atoms with van der Waals surface area (Å²) in [5.74, 6) is -0.982. The van der Waals surface area contributed by atoms with Gasteiger partial charge in [-0.2, -0.15) is 0 Å². The first kappa shape index (κ1) is 28.7. The molecule has 0 spiro atoms. The van der Waals surface area contributed by atoms with Gasteiger partial charge in [0.05, 0.1) is 23.3 Å². The second-order valence-corrected chi connectivity index (χ2v) is 11.2. The van der Waals surface area contributed by atoms with Gasteiger partial charge in [-0.1, -0.05) is 54.1 Å². The van der Waals surface area contributed by atoms with Crippen LogP contribution in [0.1, 0.15) is 21.5 Å². The number of carbonyl (C=O) groups excluding carboxylic acids is 1. The Morgan fingerprint density at radius 3 is 2.33 bits per heavy atom. The molecule has 4 rings (SSSR count). The van der Waals surface area contributed by atoms with E-state index in [1.54, 1.807) is 74.7 Å². The Kier molecular flexibility index (Phi) is 8.77. The number of nitrogens with one attached hydrogen (secondary N) is 1. The van der Waals surface area contributed by atoms with Gasteiger partial charge in [-0.05, 0) is 77.7 Å². The number of ether oxygens (including phenoxy) is 1. The van der Waals surface area contributed by atoms with E-state index in [1.165, 1.54) is 18.2 Å². The van der Waals surface area contributed by atoms with E-state index >= 15 is 0 Å². The lowest BCUT2D eigenvalue weighted by atomic mass is 10.1. The van der Waals surface area contributed by atoms with Crippen LogP contribution in [-0.2, 0) is 21.4 Å². The van der Waals surface area contributed by atoms with Crippen molar-refractivity contribution >= 4 is 39.2 Å². The number of sulfonamides is 1. The van der Waals surface area contributed by atoms with Crippen LogP contribution in [0.3, 0.4) is 0 Å². The minimum atomic E-state index is -4.22. The number of carbonyl (C=O) groups is 2. The monoisotopic (exact) mass is 578 g/mol. The summed E-state index contributed by atoms with van der Waals surface area (Å²) in [5.41, 5.74) is 2.89. The average molecular weight is 579 g/mol. The minimum absolute atomic E-state index is 0.00199. The number of carboxylic acids is 1. The summed E-state index contributed by atoms with van der Waals surface area (Å²) in [7, 11) is -2.65. The third-order valence-corrected chi connectivity index (χ3v) is 8.47. The third-order valence-electron chi connectivity index (χ3n) is 6.30. The lowest BCUT2D eigenvalue weighted by molar-refractivity contribution is -0.119. The predicted molar refractivity (Wildman–Crippen MR) is 154 cm³/mol. The van der Waals surface area contributed by atoms with Gasteiger partial charge in [0.1, 0.15) is 12.3 Å². The highest BCUT2D eigenvalue weighted by molar-refractivity contribution is 7.92. The first-order valence-corrected chi connectivity index (χ1v) is 14.0. The van der Waals surface area contributed by atoms with E-state index < -0.39 is 28.4 Å². The lowest BCUT2D eigenvalue weighted by Crippen LogP contribution is -2.41. The smallest absolute Gasteiger partial charge is 0.335 e. The van der Waals surface area contributed by atoms with Crippen molar-refractivity contribution < 1.29 is 27.9 Å². The zero-order valence-corrected chi connectivity index (χ0v) is 23.4. The summed E-state index contributed by atoms with van der Waals surface area (Å²) >= 11 is 6.32. The molecule has 8 nitrogen and oxygen atoms in total. The maximum absolute atomic E-state index is 14.0. The molecular formula is C30H27ClN2O6S. The van der Waals surface area contributed by atoms with E-state index in [1.807, 2.05) is 12.1 Å². The van der Waals surface area contributed by atoms with Crippen LogP contribution in [0.25, 0.3) is 11.1 Å². The van der Waals surface area contributed by atoms with Gasteiger partial charge in [-0.25, -0.2) is 13.2 Å². The number of carboxylic acid groups (broad SMARTS) is 1. The molecule has 0 fully saturated rings. The highest BCUT2D eigenvalue weighted by atomic mass is 35.5. The fourth-order valence-electron chi connectivity index (χ4n) is 4.11. The van der Waals surface area contributed by atoms with Crippen LogP contribution in [0.5, 0.6) is 5.75 Å².